The minimum absolute atomic E-state index is 0.00651. The van der Waals surface area contributed by atoms with Crippen LogP contribution in [0.25, 0.3) is 0 Å². The van der Waals surface area contributed by atoms with E-state index in [4.69, 9.17) is 11.6 Å². The van der Waals surface area contributed by atoms with Gasteiger partial charge in [-0.05, 0) is 25.7 Å². The third kappa shape index (κ3) is 3.38. The summed E-state index contributed by atoms with van der Waals surface area (Å²) in [6.07, 6.45) is 5.65. The van der Waals surface area contributed by atoms with Crippen LogP contribution in [-0.2, 0) is 0 Å². The van der Waals surface area contributed by atoms with Gasteiger partial charge in [-0.3, -0.25) is 9.78 Å². The molecule has 1 amide bonds. The molecule has 1 aliphatic rings. The van der Waals surface area contributed by atoms with Gasteiger partial charge < -0.3 is 10.4 Å². The molecule has 2 atom stereocenters. The van der Waals surface area contributed by atoms with E-state index in [1.54, 1.807) is 0 Å². The number of hydrogen-bond acceptors (Lipinski definition) is 4. The Hall–Kier alpha value is -1.20. The lowest BCUT2D eigenvalue weighted by molar-refractivity contribution is 0.0845. The van der Waals surface area contributed by atoms with E-state index in [9.17, 15) is 9.90 Å². The Morgan fingerprint density at radius 2 is 2.29 bits per heavy atom. The van der Waals surface area contributed by atoms with Crippen molar-refractivity contribution >= 4 is 17.5 Å². The number of carbonyl (C=O) groups is 1. The number of halogens is 1. The molecule has 2 N–H and O–H groups in total. The van der Waals surface area contributed by atoms with Gasteiger partial charge in [-0.15, -0.1) is 0 Å². The Morgan fingerprint density at radius 1 is 1.47 bits per heavy atom. The highest BCUT2D eigenvalue weighted by atomic mass is 35.5. The molecular formula is C11H14ClN3O2. The second kappa shape index (κ2) is 5.42. The van der Waals surface area contributed by atoms with E-state index in [2.05, 4.69) is 15.3 Å². The molecule has 1 aromatic rings. The highest BCUT2D eigenvalue weighted by molar-refractivity contribution is 6.29. The van der Waals surface area contributed by atoms with E-state index < -0.39 is 0 Å². The number of carbonyl (C=O) groups excluding carboxylic acids is 1. The quantitative estimate of drug-likeness (QED) is 0.832. The fourth-order valence-corrected chi connectivity index (χ4v) is 2.15. The van der Waals surface area contributed by atoms with Crippen molar-refractivity contribution in [1.82, 2.24) is 15.3 Å². The van der Waals surface area contributed by atoms with Crippen molar-refractivity contribution < 1.29 is 9.90 Å². The summed E-state index contributed by atoms with van der Waals surface area (Å²) in [7, 11) is 0. The second-order valence-corrected chi connectivity index (χ2v) is 4.61. The summed E-state index contributed by atoms with van der Waals surface area (Å²) < 4.78 is 0. The van der Waals surface area contributed by atoms with Crippen molar-refractivity contribution in [3.63, 3.8) is 0 Å². The van der Waals surface area contributed by atoms with Crippen molar-refractivity contribution in [3.05, 3.63) is 23.2 Å². The van der Waals surface area contributed by atoms with E-state index in [0.717, 1.165) is 19.3 Å². The monoisotopic (exact) mass is 255 g/mol. The molecule has 17 heavy (non-hydrogen) atoms. The second-order valence-electron chi connectivity index (χ2n) is 4.22. The van der Waals surface area contributed by atoms with Gasteiger partial charge in [0.1, 0.15) is 10.8 Å². The van der Waals surface area contributed by atoms with Gasteiger partial charge >= 0.3 is 0 Å². The van der Waals surface area contributed by atoms with Crippen molar-refractivity contribution in [3.8, 4) is 0 Å². The predicted molar refractivity (Wildman–Crippen MR) is 62.8 cm³/mol. The van der Waals surface area contributed by atoms with E-state index in [0.29, 0.717) is 6.42 Å². The maximum Gasteiger partial charge on any atom is 0.271 e. The van der Waals surface area contributed by atoms with Crippen LogP contribution in [0.2, 0.25) is 5.15 Å². The van der Waals surface area contributed by atoms with E-state index in [-0.39, 0.29) is 28.9 Å². The van der Waals surface area contributed by atoms with Crippen LogP contribution in [0.4, 0.5) is 0 Å². The van der Waals surface area contributed by atoms with Gasteiger partial charge in [0.15, 0.2) is 0 Å². The maximum absolute atomic E-state index is 11.8. The van der Waals surface area contributed by atoms with Gasteiger partial charge in [-0.2, -0.15) is 0 Å². The zero-order valence-corrected chi connectivity index (χ0v) is 10.0. The normalized spacial score (nSPS) is 24.4. The first-order chi connectivity index (χ1) is 8.15. The first-order valence-corrected chi connectivity index (χ1v) is 5.99. The molecule has 1 aromatic heterocycles. The molecular weight excluding hydrogens is 242 g/mol. The molecule has 1 heterocycles. The summed E-state index contributed by atoms with van der Waals surface area (Å²) in [6.45, 7) is 0. The molecule has 0 spiro atoms. The zero-order valence-electron chi connectivity index (χ0n) is 9.27. The topological polar surface area (TPSA) is 75.1 Å². The average molecular weight is 256 g/mol. The number of nitrogens with zero attached hydrogens (tertiary/aromatic N) is 2. The summed E-state index contributed by atoms with van der Waals surface area (Å²) in [6, 6.07) is 0.00651. The number of nitrogens with one attached hydrogen (secondary N) is 1. The summed E-state index contributed by atoms with van der Waals surface area (Å²) >= 11 is 5.66. The number of rotatable bonds is 2. The molecule has 0 aromatic carbocycles. The van der Waals surface area contributed by atoms with Crippen molar-refractivity contribution in [2.45, 2.75) is 37.8 Å². The standard InChI is InChI=1S/C11H14ClN3O2/c12-10-6-13-5-9(15-10)11(17)14-7-2-1-3-8(16)4-7/h5-8,16H,1-4H2,(H,14,17). The summed E-state index contributed by atoms with van der Waals surface area (Å²) in [4.78, 5) is 19.5. The third-order valence-electron chi connectivity index (χ3n) is 2.82. The molecule has 0 radical (unpaired) electrons. The van der Waals surface area contributed by atoms with Crippen LogP contribution in [0.1, 0.15) is 36.2 Å². The molecule has 5 nitrogen and oxygen atoms in total. The van der Waals surface area contributed by atoms with Gasteiger partial charge in [0.25, 0.3) is 5.91 Å². The Bertz CT molecular complexity index is 413. The van der Waals surface area contributed by atoms with Gasteiger partial charge in [0, 0.05) is 6.04 Å². The van der Waals surface area contributed by atoms with Crippen LogP contribution in [0, 0.1) is 0 Å². The van der Waals surface area contributed by atoms with Crippen molar-refractivity contribution in [2.75, 3.05) is 0 Å². The molecule has 1 fully saturated rings. The Labute approximate surface area is 104 Å². The van der Waals surface area contributed by atoms with E-state index >= 15 is 0 Å². The van der Waals surface area contributed by atoms with Crippen LogP contribution in [0.3, 0.4) is 0 Å². The molecule has 0 aliphatic heterocycles. The molecule has 1 aliphatic carbocycles. The zero-order chi connectivity index (χ0) is 12.3. The largest absolute Gasteiger partial charge is 0.393 e. The Kier molecular flexibility index (Phi) is 3.91. The van der Waals surface area contributed by atoms with Crippen LogP contribution in [0.5, 0.6) is 0 Å². The van der Waals surface area contributed by atoms with Crippen molar-refractivity contribution in [2.24, 2.45) is 0 Å². The SMILES string of the molecule is O=C(NC1CCCC(O)C1)c1cncc(Cl)n1. The lowest BCUT2D eigenvalue weighted by Gasteiger charge is -2.26. The smallest absolute Gasteiger partial charge is 0.271 e. The minimum atomic E-state index is -0.320. The maximum atomic E-state index is 11.8. The minimum Gasteiger partial charge on any atom is -0.393 e. The summed E-state index contributed by atoms with van der Waals surface area (Å²) in [5.74, 6) is -0.292. The van der Waals surface area contributed by atoms with Crippen LogP contribution < -0.4 is 5.32 Å². The number of amides is 1. The highest BCUT2D eigenvalue weighted by Crippen LogP contribution is 2.18. The van der Waals surface area contributed by atoms with Gasteiger partial charge in [0.05, 0.1) is 18.5 Å². The van der Waals surface area contributed by atoms with Crippen molar-refractivity contribution in [1.29, 1.82) is 0 Å². The number of hydrogen-bond donors (Lipinski definition) is 2. The lowest BCUT2D eigenvalue weighted by atomic mass is 9.93. The van der Waals surface area contributed by atoms with Crippen LogP contribution in [-0.4, -0.2) is 33.1 Å². The number of aliphatic hydroxyl groups is 1. The fourth-order valence-electron chi connectivity index (χ4n) is 2.01. The fraction of sp³-hybridized carbons (Fsp3) is 0.545. The van der Waals surface area contributed by atoms with Crippen LogP contribution >= 0.6 is 11.6 Å². The van der Waals surface area contributed by atoms with Gasteiger partial charge in [-0.25, -0.2) is 4.98 Å². The molecule has 1 saturated carbocycles. The molecule has 92 valence electrons. The number of aliphatic hydroxyl groups excluding tert-OH is 1. The Morgan fingerprint density at radius 3 is 3.00 bits per heavy atom. The molecule has 0 bridgehead atoms. The lowest BCUT2D eigenvalue weighted by Crippen LogP contribution is -2.40. The van der Waals surface area contributed by atoms with E-state index in [1.165, 1.54) is 12.4 Å². The first kappa shape index (κ1) is 12.3. The molecule has 2 rings (SSSR count). The van der Waals surface area contributed by atoms with Gasteiger partial charge in [0.2, 0.25) is 0 Å². The molecule has 0 saturated heterocycles. The first-order valence-electron chi connectivity index (χ1n) is 5.61. The van der Waals surface area contributed by atoms with Gasteiger partial charge in [-0.1, -0.05) is 11.6 Å². The van der Waals surface area contributed by atoms with Crippen LogP contribution in [0.15, 0.2) is 12.4 Å². The number of aromatic nitrogens is 2. The van der Waals surface area contributed by atoms with E-state index in [1.807, 2.05) is 0 Å². The Balaban J connectivity index is 1.97. The predicted octanol–water partition coefficient (Wildman–Crippen LogP) is 1.16. The third-order valence-corrected chi connectivity index (χ3v) is 3.00. The summed E-state index contributed by atoms with van der Waals surface area (Å²) in [5.41, 5.74) is 0.206. The average Bonchev–Trinajstić information content (AvgIpc) is 2.29. The molecule has 2 unspecified atom stereocenters. The highest BCUT2D eigenvalue weighted by Gasteiger charge is 2.22. The molecule has 6 heteroatoms. The summed E-state index contributed by atoms with van der Waals surface area (Å²) in [5, 5.41) is 12.5.